The summed E-state index contributed by atoms with van der Waals surface area (Å²) in [5.41, 5.74) is 1.90. The van der Waals surface area contributed by atoms with Gasteiger partial charge in [-0.25, -0.2) is 4.98 Å². The smallest absolute Gasteiger partial charge is 0.392 e. The monoisotopic (exact) mass is 555 g/mol. The van der Waals surface area contributed by atoms with Gasteiger partial charge >= 0.3 is 6.18 Å². The topological polar surface area (TPSA) is 76.4 Å². The van der Waals surface area contributed by atoms with Crippen LogP contribution in [0.2, 0.25) is 10.0 Å². The lowest BCUT2D eigenvalue weighted by molar-refractivity contribution is -0.139. The minimum atomic E-state index is -4.30. The minimum absolute atomic E-state index is 0.156. The van der Waals surface area contributed by atoms with E-state index in [0.717, 1.165) is 19.3 Å². The summed E-state index contributed by atoms with van der Waals surface area (Å²) in [4.78, 5) is 17.9. The van der Waals surface area contributed by atoms with Gasteiger partial charge in [-0.1, -0.05) is 23.2 Å². The first kappa shape index (κ1) is 27.3. The number of rotatable bonds is 7. The van der Waals surface area contributed by atoms with E-state index in [-0.39, 0.29) is 23.4 Å². The van der Waals surface area contributed by atoms with Crippen LogP contribution in [-0.2, 0) is 0 Å². The van der Waals surface area contributed by atoms with E-state index in [2.05, 4.69) is 10.3 Å². The molecule has 2 N–H and O–H groups in total. The van der Waals surface area contributed by atoms with Crippen molar-refractivity contribution in [3.63, 3.8) is 0 Å². The van der Waals surface area contributed by atoms with Gasteiger partial charge in [0.05, 0.1) is 29.8 Å². The zero-order valence-corrected chi connectivity index (χ0v) is 21.5. The van der Waals surface area contributed by atoms with Gasteiger partial charge < -0.3 is 15.2 Å². The highest BCUT2D eigenvalue weighted by atomic mass is 35.5. The number of ether oxygens (including phenoxy) is 1. The minimum Gasteiger partial charge on any atom is -0.493 e. The molecule has 37 heavy (non-hydrogen) atoms. The lowest BCUT2D eigenvalue weighted by Crippen LogP contribution is -2.40. The molecule has 1 amide bonds. The van der Waals surface area contributed by atoms with Gasteiger partial charge in [0.1, 0.15) is 17.3 Å². The number of carbonyl (C=O) groups excluding carboxylic acids is 1. The number of aliphatic hydroxyl groups excluding tert-OH is 1. The molecule has 198 valence electrons. The van der Waals surface area contributed by atoms with Gasteiger partial charge in [-0.3, -0.25) is 9.36 Å². The third-order valence-electron chi connectivity index (χ3n) is 6.23. The van der Waals surface area contributed by atoms with Crippen molar-refractivity contribution in [2.75, 3.05) is 6.61 Å². The summed E-state index contributed by atoms with van der Waals surface area (Å²) in [5.74, 6) is 0.318. The zero-order valence-electron chi connectivity index (χ0n) is 20.0. The van der Waals surface area contributed by atoms with Crippen LogP contribution < -0.4 is 10.1 Å². The second-order valence-electron chi connectivity index (χ2n) is 9.03. The summed E-state index contributed by atoms with van der Waals surface area (Å²) in [5, 5.41) is 13.7. The van der Waals surface area contributed by atoms with Crippen LogP contribution in [-0.4, -0.2) is 45.5 Å². The first-order chi connectivity index (χ1) is 17.5. The fourth-order valence-corrected chi connectivity index (χ4v) is 4.90. The number of benzene rings is 2. The van der Waals surface area contributed by atoms with Crippen LogP contribution in [0.15, 0.2) is 42.5 Å². The molecule has 1 aliphatic rings. The SMILES string of the molecule is Cc1c(C(=O)NC2CCCC(O)C2)nc(-c2ccc(Cl)cc2Cl)n1-c1ccc(OCCC(F)(F)F)cc1. The van der Waals surface area contributed by atoms with Gasteiger partial charge in [0.15, 0.2) is 0 Å². The summed E-state index contributed by atoms with van der Waals surface area (Å²) < 4.78 is 44.3. The molecule has 0 bridgehead atoms. The number of aliphatic hydroxyl groups is 1. The van der Waals surface area contributed by atoms with E-state index in [1.54, 1.807) is 54.0 Å². The van der Waals surface area contributed by atoms with Crippen molar-refractivity contribution < 1.29 is 27.8 Å². The molecule has 1 fully saturated rings. The van der Waals surface area contributed by atoms with Gasteiger partial charge in [0.25, 0.3) is 5.91 Å². The Morgan fingerprint density at radius 3 is 2.57 bits per heavy atom. The predicted octanol–water partition coefficient (Wildman–Crippen LogP) is 6.52. The molecule has 2 unspecified atom stereocenters. The van der Waals surface area contributed by atoms with Crippen LogP contribution in [0.5, 0.6) is 5.75 Å². The molecule has 1 heterocycles. The maximum atomic E-state index is 13.2. The fourth-order valence-electron chi connectivity index (χ4n) is 4.41. The Labute approximate surface area is 222 Å². The van der Waals surface area contributed by atoms with Crippen LogP contribution in [0.4, 0.5) is 13.2 Å². The molecule has 0 saturated heterocycles. The number of amides is 1. The quantitative estimate of drug-likeness (QED) is 0.348. The van der Waals surface area contributed by atoms with Gasteiger partial charge in [-0.2, -0.15) is 13.2 Å². The molecule has 1 saturated carbocycles. The molecule has 2 atom stereocenters. The van der Waals surface area contributed by atoms with Crippen molar-refractivity contribution >= 4 is 29.1 Å². The van der Waals surface area contributed by atoms with Crippen LogP contribution in [0.3, 0.4) is 0 Å². The first-order valence-electron chi connectivity index (χ1n) is 11.9. The van der Waals surface area contributed by atoms with Crippen LogP contribution in [0.25, 0.3) is 17.1 Å². The fraction of sp³-hybridized carbons (Fsp3) is 0.385. The van der Waals surface area contributed by atoms with Crippen molar-refractivity contribution in [1.29, 1.82) is 0 Å². The zero-order chi connectivity index (χ0) is 26.7. The number of nitrogens with one attached hydrogen (secondary N) is 1. The van der Waals surface area contributed by atoms with Crippen LogP contribution >= 0.6 is 23.2 Å². The average Bonchev–Trinajstić information content (AvgIpc) is 3.15. The molecule has 0 aliphatic heterocycles. The third-order valence-corrected chi connectivity index (χ3v) is 6.77. The number of carbonyl (C=O) groups is 1. The second kappa shape index (κ2) is 11.3. The molecule has 0 spiro atoms. The second-order valence-corrected chi connectivity index (χ2v) is 9.87. The summed E-state index contributed by atoms with van der Waals surface area (Å²) in [6.45, 7) is 1.26. The van der Waals surface area contributed by atoms with Gasteiger partial charge in [0.2, 0.25) is 0 Å². The molecule has 2 aromatic carbocycles. The summed E-state index contributed by atoms with van der Waals surface area (Å²) in [6, 6.07) is 11.2. The van der Waals surface area contributed by atoms with E-state index in [9.17, 15) is 23.1 Å². The standard InChI is InChI=1S/C26H26Cl2F3N3O3/c1-15-23(25(36)32-17-3-2-4-19(35)14-17)33-24(21-10-5-16(27)13-22(21)28)34(15)18-6-8-20(9-7-18)37-12-11-26(29,30)31/h5-10,13,17,19,35H,2-4,11-12,14H2,1H3,(H,32,36). The molecule has 0 radical (unpaired) electrons. The molecular formula is C26H26Cl2F3N3O3. The third kappa shape index (κ3) is 6.77. The van der Waals surface area contributed by atoms with Gasteiger partial charge in [0, 0.05) is 22.3 Å². The molecule has 11 heteroatoms. The largest absolute Gasteiger partial charge is 0.493 e. The molecule has 1 aromatic heterocycles. The number of hydrogen-bond acceptors (Lipinski definition) is 4. The molecule has 6 nitrogen and oxygen atoms in total. The molecular weight excluding hydrogens is 530 g/mol. The van der Waals surface area contributed by atoms with Crippen molar-refractivity contribution in [2.24, 2.45) is 0 Å². The normalized spacial score (nSPS) is 18.0. The maximum absolute atomic E-state index is 13.2. The number of hydrogen-bond donors (Lipinski definition) is 2. The molecule has 1 aliphatic carbocycles. The Morgan fingerprint density at radius 2 is 1.92 bits per heavy atom. The van der Waals surface area contributed by atoms with E-state index in [0.29, 0.717) is 39.2 Å². The summed E-state index contributed by atoms with van der Waals surface area (Å²) in [7, 11) is 0. The lowest BCUT2D eigenvalue weighted by Gasteiger charge is -2.26. The Hall–Kier alpha value is -2.75. The van der Waals surface area contributed by atoms with E-state index >= 15 is 0 Å². The Morgan fingerprint density at radius 1 is 1.19 bits per heavy atom. The van der Waals surface area contributed by atoms with Gasteiger partial charge in [-0.15, -0.1) is 0 Å². The number of aromatic nitrogens is 2. The summed E-state index contributed by atoms with van der Waals surface area (Å²) >= 11 is 12.6. The highest BCUT2D eigenvalue weighted by Crippen LogP contribution is 2.34. The number of imidazole rings is 1. The highest BCUT2D eigenvalue weighted by molar-refractivity contribution is 6.36. The number of halogens is 5. The van der Waals surface area contributed by atoms with Crippen molar-refractivity contribution in [2.45, 2.75) is 57.3 Å². The van der Waals surface area contributed by atoms with Crippen molar-refractivity contribution in [1.82, 2.24) is 14.9 Å². The highest BCUT2D eigenvalue weighted by Gasteiger charge is 2.28. The maximum Gasteiger partial charge on any atom is 0.392 e. The molecule has 4 rings (SSSR count). The van der Waals surface area contributed by atoms with E-state index < -0.39 is 25.3 Å². The van der Waals surface area contributed by atoms with Crippen molar-refractivity contribution in [3.8, 4) is 22.8 Å². The Kier molecular flexibility index (Phi) is 8.36. The number of nitrogens with zero attached hydrogens (tertiary/aromatic N) is 2. The number of alkyl halides is 3. The van der Waals surface area contributed by atoms with Crippen LogP contribution in [0, 0.1) is 6.92 Å². The lowest BCUT2D eigenvalue weighted by atomic mass is 9.93. The van der Waals surface area contributed by atoms with E-state index in [1.807, 2.05) is 0 Å². The van der Waals surface area contributed by atoms with E-state index in [1.165, 1.54) is 0 Å². The molecule has 3 aromatic rings. The van der Waals surface area contributed by atoms with Crippen molar-refractivity contribution in [3.05, 3.63) is 63.9 Å². The average molecular weight is 556 g/mol. The predicted molar refractivity (Wildman–Crippen MR) is 136 cm³/mol. The summed E-state index contributed by atoms with van der Waals surface area (Å²) in [6.07, 6.45) is -3.00. The Balaban J connectivity index is 1.67. The first-order valence-corrected chi connectivity index (χ1v) is 12.6. The Bertz CT molecular complexity index is 1260. The van der Waals surface area contributed by atoms with E-state index in [4.69, 9.17) is 27.9 Å². The van der Waals surface area contributed by atoms with Gasteiger partial charge in [-0.05, 0) is 75.1 Å². The van der Waals surface area contributed by atoms with Crippen LogP contribution in [0.1, 0.15) is 48.3 Å².